The summed E-state index contributed by atoms with van der Waals surface area (Å²) >= 11 is 1.47. The number of nitrogens with zero attached hydrogens (tertiary/aromatic N) is 4. The summed E-state index contributed by atoms with van der Waals surface area (Å²) in [5, 5.41) is 43.6. The topological polar surface area (TPSA) is 181 Å². The highest BCUT2D eigenvalue weighted by atomic mass is 32.2. The third kappa shape index (κ3) is 9.80. The molecule has 5 N–H and O–H groups in total. The maximum absolute atomic E-state index is 12.3. The minimum Gasteiger partial charge on any atom is -0.508 e. The van der Waals surface area contributed by atoms with Gasteiger partial charge in [0.1, 0.15) is 5.75 Å². The van der Waals surface area contributed by atoms with Gasteiger partial charge in [0.15, 0.2) is 6.29 Å². The van der Waals surface area contributed by atoms with Gasteiger partial charge in [-0.2, -0.15) is 4.68 Å². The van der Waals surface area contributed by atoms with Crippen molar-refractivity contribution in [3.8, 4) is 22.6 Å². The Kier molecular flexibility index (Phi) is 12.6. The van der Waals surface area contributed by atoms with Crippen LogP contribution in [0, 0.1) is 0 Å². The average Bonchev–Trinajstić information content (AvgIpc) is 3.67. The highest BCUT2D eigenvalue weighted by molar-refractivity contribution is 7.99. The number of rotatable bonds is 15. The van der Waals surface area contributed by atoms with Gasteiger partial charge in [-0.25, -0.2) is 5.48 Å². The van der Waals surface area contributed by atoms with E-state index in [-0.39, 0.29) is 36.9 Å². The number of carbonyl (C=O) groups excluding carboxylic acids is 2. The van der Waals surface area contributed by atoms with E-state index in [0.29, 0.717) is 43.1 Å². The van der Waals surface area contributed by atoms with Gasteiger partial charge in [-0.05, 0) is 81.4 Å². The van der Waals surface area contributed by atoms with Gasteiger partial charge >= 0.3 is 0 Å². The molecule has 0 unspecified atom stereocenters. The van der Waals surface area contributed by atoms with Crippen molar-refractivity contribution in [2.24, 2.45) is 0 Å². The summed E-state index contributed by atoms with van der Waals surface area (Å²) in [6.45, 7) is 0.346. The number of aliphatic hydroxyl groups excluding tert-OH is 1. The number of thioether (sulfide) groups is 1. The molecule has 2 amide bonds. The summed E-state index contributed by atoms with van der Waals surface area (Å²) in [6, 6.07) is 30.4. The summed E-state index contributed by atoms with van der Waals surface area (Å²) in [7, 11) is 0. The lowest BCUT2D eigenvalue weighted by Gasteiger charge is -2.36. The molecule has 0 spiro atoms. The van der Waals surface area contributed by atoms with E-state index >= 15 is 0 Å². The molecule has 3 atom stereocenters. The summed E-state index contributed by atoms with van der Waals surface area (Å²) in [5.74, 6) is 0.167. The van der Waals surface area contributed by atoms with E-state index in [1.165, 1.54) is 11.8 Å². The van der Waals surface area contributed by atoms with Crippen LogP contribution in [0.2, 0.25) is 0 Å². The number of phenolic OH excluding ortho intramolecular Hbond substituents is 1. The monoisotopic (exact) mass is 724 g/mol. The minimum atomic E-state index is -0.636. The zero-order chi connectivity index (χ0) is 36.3. The Bertz CT molecular complexity index is 1920. The Balaban J connectivity index is 1.11. The van der Waals surface area contributed by atoms with Gasteiger partial charge in [-0.3, -0.25) is 14.8 Å². The fraction of sp³-hybridized carbons (Fsp3) is 0.289. The summed E-state index contributed by atoms with van der Waals surface area (Å²) in [4.78, 5) is 23.4. The lowest BCUT2D eigenvalue weighted by atomic mass is 9.99. The first-order valence-corrected chi connectivity index (χ1v) is 18.0. The number of tetrazole rings is 1. The van der Waals surface area contributed by atoms with E-state index in [9.17, 15) is 19.8 Å². The smallest absolute Gasteiger partial charge is 0.243 e. The number of hydrogen-bond donors (Lipinski definition) is 5. The normalized spacial score (nSPS) is 17.1. The zero-order valence-electron chi connectivity index (χ0n) is 28.3. The van der Waals surface area contributed by atoms with Crippen LogP contribution in [0.15, 0.2) is 102 Å². The standard InChI is InChI=1S/C38H40N6O7S/c45-23-25-8-10-28(11-9-25)34-21-33(24-52-38-40-42-43-44(38)31-16-18-32(46)19-17-31)50-37(51-34)29-14-12-27(13-15-29)30-5-3-4-26(20-30)22-39-35(47)6-1-2-7-36(48)41-49/h3-5,8-20,33-34,37,45-46,49H,1-2,6-7,21-24H2,(H,39,47)(H,41,48)/t33-,34+,37+/m1/s1. The molecule has 4 aromatic carbocycles. The highest BCUT2D eigenvalue weighted by Gasteiger charge is 2.32. The molecular weight excluding hydrogens is 685 g/mol. The van der Waals surface area contributed by atoms with Crippen LogP contribution in [-0.4, -0.2) is 59.3 Å². The van der Waals surface area contributed by atoms with Gasteiger partial charge in [0.25, 0.3) is 0 Å². The number of amides is 2. The Labute approximate surface area is 304 Å². The van der Waals surface area contributed by atoms with Crippen LogP contribution in [0.3, 0.4) is 0 Å². The first-order valence-electron chi connectivity index (χ1n) is 17.0. The van der Waals surface area contributed by atoms with Crippen molar-refractivity contribution in [1.82, 2.24) is 31.0 Å². The molecule has 2 heterocycles. The molecule has 1 aromatic heterocycles. The van der Waals surface area contributed by atoms with E-state index in [0.717, 1.165) is 39.1 Å². The molecule has 6 rings (SSSR count). The maximum atomic E-state index is 12.3. The second-order valence-electron chi connectivity index (χ2n) is 12.4. The number of carbonyl (C=O) groups is 2. The van der Waals surface area contributed by atoms with E-state index in [1.807, 2.05) is 72.8 Å². The predicted molar refractivity (Wildman–Crippen MR) is 192 cm³/mol. The van der Waals surface area contributed by atoms with Crippen molar-refractivity contribution < 1.29 is 34.5 Å². The molecule has 14 heteroatoms. The third-order valence-corrected chi connectivity index (χ3v) is 9.71. The predicted octanol–water partition coefficient (Wildman–Crippen LogP) is 5.55. The van der Waals surface area contributed by atoms with Crippen LogP contribution in [0.5, 0.6) is 5.75 Å². The van der Waals surface area contributed by atoms with Crippen LogP contribution in [0.25, 0.3) is 16.8 Å². The molecule has 0 saturated carbocycles. The maximum Gasteiger partial charge on any atom is 0.243 e. The average molecular weight is 725 g/mol. The van der Waals surface area contributed by atoms with Crippen molar-refractivity contribution >= 4 is 23.6 Å². The highest BCUT2D eigenvalue weighted by Crippen LogP contribution is 2.40. The van der Waals surface area contributed by atoms with Gasteiger partial charge in [0, 0.05) is 37.1 Å². The molecule has 0 bridgehead atoms. The number of phenols is 1. The van der Waals surface area contributed by atoms with Gasteiger partial charge < -0.3 is 25.0 Å². The lowest BCUT2D eigenvalue weighted by molar-refractivity contribution is -0.245. The van der Waals surface area contributed by atoms with E-state index in [2.05, 4.69) is 20.8 Å². The Hall–Kier alpha value is -5.12. The van der Waals surface area contributed by atoms with Crippen molar-refractivity contribution in [3.63, 3.8) is 0 Å². The van der Waals surface area contributed by atoms with E-state index in [1.54, 1.807) is 34.4 Å². The number of nitrogens with one attached hydrogen (secondary N) is 2. The molecule has 1 saturated heterocycles. The number of unbranched alkanes of at least 4 members (excludes halogenated alkanes) is 1. The number of aromatic hydroxyl groups is 1. The summed E-state index contributed by atoms with van der Waals surface area (Å²) < 4.78 is 14.7. The lowest BCUT2D eigenvalue weighted by Crippen LogP contribution is -2.31. The molecule has 13 nitrogen and oxygen atoms in total. The third-order valence-electron chi connectivity index (χ3n) is 8.66. The Morgan fingerprint density at radius 1 is 0.846 bits per heavy atom. The fourth-order valence-corrected chi connectivity index (χ4v) is 6.73. The number of ether oxygens (including phenoxy) is 2. The van der Waals surface area contributed by atoms with Gasteiger partial charge in [0.2, 0.25) is 17.0 Å². The van der Waals surface area contributed by atoms with Crippen molar-refractivity contribution in [3.05, 3.63) is 119 Å². The summed E-state index contributed by atoms with van der Waals surface area (Å²) in [5.41, 5.74) is 7.96. The molecule has 0 radical (unpaired) electrons. The van der Waals surface area contributed by atoms with Crippen LogP contribution in [0.4, 0.5) is 0 Å². The van der Waals surface area contributed by atoms with Gasteiger partial charge in [-0.1, -0.05) is 78.5 Å². The number of hydroxylamine groups is 1. The molecule has 5 aromatic rings. The van der Waals surface area contributed by atoms with Crippen molar-refractivity contribution in [2.45, 2.75) is 68.9 Å². The van der Waals surface area contributed by atoms with E-state index in [4.69, 9.17) is 14.7 Å². The molecule has 52 heavy (non-hydrogen) atoms. The number of aliphatic hydroxyl groups is 1. The number of hydrogen-bond acceptors (Lipinski definition) is 11. The van der Waals surface area contributed by atoms with E-state index < -0.39 is 12.2 Å². The van der Waals surface area contributed by atoms with Crippen LogP contribution in [-0.2, 0) is 32.2 Å². The van der Waals surface area contributed by atoms with Crippen molar-refractivity contribution in [1.29, 1.82) is 0 Å². The van der Waals surface area contributed by atoms with Crippen LogP contribution >= 0.6 is 11.8 Å². The molecule has 1 fully saturated rings. The Morgan fingerprint density at radius 2 is 1.58 bits per heavy atom. The minimum absolute atomic E-state index is 0.0362. The molecule has 0 aliphatic carbocycles. The first kappa shape index (κ1) is 36.7. The van der Waals surface area contributed by atoms with Gasteiger partial charge in [-0.15, -0.1) is 5.10 Å². The largest absolute Gasteiger partial charge is 0.508 e. The van der Waals surface area contributed by atoms with Crippen molar-refractivity contribution in [2.75, 3.05) is 5.75 Å². The number of benzene rings is 4. The molecular formula is C38H40N6O7S. The van der Waals surface area contributed by atoms with Gasteiger partial charge in [0.05, 0.1) is 24.5 Å². The quantitative estimate of drug-likeness (QED) is 0.0396. The SMILES string of the molecule is O=C(CCCCC(=O)NCc1cccc(-c2ccc([C@H]3O[C@@H](CSc4nnnn4-c4ccc(O)cc4)C[C@@H](c4ccc(CO)cc4)O3)cc2)c1)NO. The second-order valence-corrected chi connectivity index (χ2v) is 13.4. The summed E-state index contributed by atoms with van der Waals surface area (Å²) in [6.07, 6.45) is 1.06. The fourth-order valence-electron chi connectivity index (χ4n) is 5.82. The second kappa shape index (κ2) is 17.9. The first-order chi connectivity index (χ1) is 25.4. The van der Waals surface area contributed by atoms with Crippen LogP contribution in [0.1, 0.15) is 66.8 Å². The molecule has 1 aliphatic heterocycles. The van der Waals surface area contributed by atoms with Crippen LogP contribution < -0.4 is 10.8 Å². The number of aromatic nitrogens is 4. The Morgan fingerprint density at radius 3 is 2.31 bits per heavy atom. The molecule has 1 aliphatic rings. The zero-order valence-corrected chi connectivity index (χ0v) is 29.1. The molecule has 270 valence electrons.